The van der Waals surface area contributed by atoms with Crippen LogP contribution >= 0.6 is 11.3 Å². The van der Waals surface area contributed by atoms with Crippen LogP contribution < -0.4 is 14.2 Å². The van der Waals surface area contributed by atoms with E-state index >= 15 is 0 Å². The van der Waals surface area contributed by atoms with Crippen LogP contribution in [0.1, 0.15) is 22.3 Å². The Morgan fingerprint density at radius 1 is 1.38 bits per heavy atom. The lowest BCUT2D eigenvalue weighted by molar-refractivity contribution is 0.0531. The molecule has 2 aromatic rings. The van der Waals surface area contributed by atoms with Gasteiger partial charge in [-0.25, -0.2) is 9.78 Å². The van der Waals surface area contributed by atoms with E-state index in [0.717, 1.165) is 11.3 Å². The van der Waals surface area contributed by atoms with Gasteiger partial charge < -0.3 is 18.9 Å². The van der Waals surface area contributed by atoms with Gasteiger partial charge in [0.2, 0.25) is 6.79 Å². The van der Waals surface area contributed by atoms with Gasteiger partial charge in [-0.15, -0.1) is 0 Å². The average Bonchev–Trinajstić information content (AvgIpc) is 3.05. The van der Waals surface area contributed by atoms with E-state index in [0.29, 0.717) is 39.6 Å². The number of carbonyl (C=O) groups excluding carboxylic acids is 1. The molecule has 0 radical (unpaired) electrons. The lowest BCUT2D eigenvalue weighted by atomic mass is 10.3. The number of benzene rings is 1. The first kappa shape index (κ1) is 13.7. The third-order valence-electron chi connectivity index (χ3n) is 2.79. The molecular formula is C14H13NO5S. The number of aryl methyl sites for hydroxylation is 1. The molecule has 0 unspecified atom stereocenters. The Bertz CT molecular complexity index is 682. The van der Waals surface area contributed by atoms with Gasteiger partial charge in [0, 0.05) is 6.07 Å². The highest BCUT2D eigenvalue weighted by atomic mass is 32.1. The monoisotopic (exact) mass is 307 g/mol. The van der Waals surface area contributed by atoms with Crippen LogP contribution in [0.4, 0.5) is 0 Å². The van der Waals surface area contributed by atoms with Crippen LogP contribution in [-0.4, -0.2) is 24.4 Å². The fourth-order valence-corrected chi connectivity index (χ4v) is 2.67. The summed E-state index contributed by atoms with van der Waals surface area (Å²) in [4.78, 5) is 16.4. The third-order valence-corrected chi connectivity index (χ3v) is 3.80. The van der Waals surface area contributed by atoms with E-state index in [-0.39, 0.29) is 12.8 Å². The second kappa shape index (κ2) is 5.61. The first-order valence-electron chi connectivity index (χ1n) is 6.39. The van der Waals surface area contributed by atoms with E-state index in [1.807, 2.05) is 0 Å². The van der Waals surface area contributed by atoms with Crippen LogP contribution in [-0.2, 0) is 4.74 Å². The molecule has 0 bridgehead atoms. The van der Waals surface area contributed by atoms with Gasteiger partial charge in [-0.05, 0) is 26.0 Å². The largest absolute Gasteiger partial charge is 0.462 e. The van der Waals surface area contributed by atoms with Gasteiger partial charge in [0.15, 0.2) is 11.5 Å². The highest BCUT2D eigenvalue weighted by molar-refractivity contribution is 7.15. The number of esters is 1. The van der Waals surface area contributed by atoms with Gasteiger partial charge in [0.25, 0.3) is 5.19 Å². The molecule has 7 heteroatoms. The summed E-state index contributed by atoms with van der Waals surface area (Å²) >= 11 is 1.16. The molecule has 1 aliphatic heterocycles. The van der Waals surface area contributed by atoms with Crippen molar-refractivity contribution in [2.45, 2.75) is 13.8 Å². The molecule has 1 aromatic heterocycles. The number of hydrogen-bond acceptors (Lipinski definition) is 7. The van der Waals surface area contributed by atoms with Gasteiger partial charge in [0.05, 0.1) is 12.3 Å². The lowest BCUT2D eigenvalue weighted by Crippen LogP contribution is -2.03. The van der Waals surface area contributed by atoms with Gasteiger partial charge >= 0.3 is 5.97 Å². The average molecular weight is 307 g/mol. The summed E-state index contributed by atoms with van der Waals surface area (Å²) < 4.78 is 21.1. The summed E-state index contributed by atoms with van der Waals surface area (Å²) in [7, 11) is 0. The van der Waals surface area contributed by atoms with Gasteiger partial charge in [0.1, 0.15) is 10.6 Å². The summed E-state index contributed by atoms with van der Waals surface area (Å²) in [6.45, 7) is 4.05. The number of fused-ring (bicyclic) bond motifs is 1. The minimum absolute atomic E-state index is 0.210. The highest BCUT2D eigenvalue weighted by Gasteiger charge is 2.19. The summed E-state index contributed by atoms with van der Waals surface area (Å²) in [6.07, 6.45) is 0. The summed E-state index contributed by atoms with van der Waals surface area (Å²) in [5, 5.41) is 0.384. The normalized spacial score (nSPS) is 12.3. The molecule has 3 rings (SSSR count). The Kier molecular flexibility index (Phi) is 3.66. The van der Waals surface area contributed by atoms with E-state index in [9.17, 15) is 4.79 Å². The van der Waals surface area contributed by atoms with Crippen LogP contribution in [0.5, 0.6) is 22.4 Å². The van der Waals surface area contributed by atoms with Crippen molar-refractivity contribution < 1.29 is 23.7 Å². The Morgan fingerprint density at radius 3 is 3.00 bits per heavy atom. The molecule has 6 nitrogen and oxygen atoms in total. The molecule has 21 heavy (non-hydrogen) atoms. The predicted molar refractivity (Wildman–Crippen MR) is 75.4 cm³/mol. The Balaban J connectivity index is 1.79. The Hall–Kier alpha value is -2.28. The first-order chi connectivity index (χ1) is 10.2. The van der Waals surface area contributed by atoms with Crippen LogP contribution in [0.25, 0.3) is 0 Å². The van der Waals surface area contributed by atoms with E-state index in [2.05, 4.69) is 4.98 Å². The molecule has 0 aliphatic carbocycles. The van der Waals surface area contributed by atoms with E-state index in [1.165, 1.54) is 0 Å². The molecule has 1 aromatic carbocycles. The topological polar surface area (TPSA) is 66.9 Å². The van der Waals surface area contributed by atoms with Crippen LogP contribution in [0, 0.1) is 6.92 Å². The molecule has 110 valence electrons. The van der Waals surface area contributed by atoms with Crippen molar-refractivity contribution in [2.75, 3.05) is 13.4 Å². The van der Waals surface area contributed by atoms with Crippen molar-refractivity contribution in [2.24, 2.45) is 0 Å². The summed E-state index contributed by atoms with van der Waals surface area (Å²) in [5.41, 5.74) is 0.592. The fourth-order valence-electron chi connectivity index (χ4n) is 1.84. The molecular weight excluding hydrogens is 294 g/mol. The molecule has 0 spiro atoms. The van der Waals surface area contributed by atoms with Gasteiger partial charge in [-0.3, -0.25) is 0 Å². The Morgan fingerprint density at radius 2 is 2.19 bits per heavy atom. The zero-order chi connectivity index (χ0) is 14.8. The van der Waals surface area contributed by atoms with Crippen molar-refractivity contribution in [3.8, 4) is 22.4 Å². The third kappa shape index (κ3) is 2.78. The maximum atomic E-state index is 11.7. The molecule has 0 atom stereocenters. The number of ether oxygens (including phenoxy) is 4. The quantitative estimate of drug-likeness (QED) is 0.808. The molecule has 1 aliphatic rings. The molecule has 0 saturated carbocycles. The minimum atomic E-state index is -0.381. The lowest BCUT2D eigenvalue weighted by Gasteiger charge is -2.02. The molecule has 0 saturated heterocycles. The van der Waals surface area contributed by atoms with Crippen molar-refractivity contribution in [3.63, 3.8) is 0 Å². The number of carbonyl (C=O) groups is 1. The number of hydrogen-bond donors (Lipinski definition) is 0. The minimum Gasteiger partial charge on any atom is -0.462 e. The number of thiazole rings is 1. The first-order valence-corrected chi connectivity index (χ1v) is 7.21. The number of nitrogens with zero attached hydrogens (tertiary/aromatic N) is 1. The zero-order valence-corrected chi connectivity index (χ0v) is 12.4. The van der Waals surface area contributed by atoms with Crippen LogP contribution in [0.15, 0.2) is 18.2 Å². The summed E-state index contributed by atoms with van der Waals surface area (Å²) in [6, 6.07) is 5.25. The maximum absolute atomic E-state index is 11.7. The highest BCUT2D eigenvalue weighted by Crippen LogP contribution is 2.37. The molecule has 0 amide bonds. The maximum Gasteiger partial charge on any atom is 0.350 e. The van der Waals surface area contributed by atoms with Crippen molar-refractivity contribution in [3.05, 3.63) is 28.8 Å². The number of rotatable bonds is 4. The zero-order valence-electron chi connectivity index (χ0n) is 11.5. The molecule has 0 fully saturated rings. The van der Waals surface area contributed by atoms with E-state index < -0.39 is 0 Å². The predicted octanol–water partition coefficient (Wildman–Crippen LogP) is 3.15. The van der Waals surface area contributed by atoms with Crippen molar-refractivity contribution >= 4 is 17.3 Å². The molecule has 0 N–H and O–H groups in total. The van der Waals surface area contributed by atoms with Crippen molar-refractivity contribution in [1.82, 2.24) is 4.98 Å². The van der Waals surface area contributed by atoms with Crippen LogP contribution in [0.3, 0.4) is 0 Å². The van der Waals surface area contributed by atoms with Gasteiger partial charge in [-0.1, -0.05) is 11.3 Å². The van der Waals surface area contributed by atoms with E-state index in [4.69, 9.17) is 18.9 Å². The fraction of sp³-hybridized carbons (Fsp3) is 0.286. The van der Waals surface area contributed by atoms with Crippen LogP contribution in [0.2, 0.25) is 0 Å². The molecule has 2 heterocycles. The smallest absolute Gasteiger partial charge is 0.350 e. The number of aromatic nitrogens is 1. The Labute approximate surface area is 125 Å². The SMILES string of the molecule is CCOC(=O)c1sc(Oc2ccc3c(c2)OCO3)nc1C. The summed E-state index contributed by atoms with van der Waals surface area (Å²) in [5.74, 6) is 1.51. The second-order valence-electron chi connectivity index (χ2n) is 4.23. The van der Waals surface area contributed by atoms with Gasteiger partial charge in [-0.2, -0.15) is 0 Å². The van der Waals surface area contributed by atoms with Crippen molar-refractivity contribution in [1.29, 1.82) is 0 Å². The van der Waals surface area contributed by atoms with E-state index in [1.54, 1.807) is 32.0 Å². The second-order valence-corrected chi connectivity index (χ2v) is 5.19. The standard InChI is InChI=1S/C14H13NO5S/c1-3-17-13(16)12-8(2)15-14(21-12)20-9-4-5-10-11(6-9)19-7-18-10/h4-6H,3,7H2,1-2H3.